The van der Waals surface area contributed by atoms with E-state index in [1.165, 1.54) is 18.4 Å². The molecule has 1 aliphatic heterocycles. The van der Waals surface area contributed by atoms with Crippen molar-refractivity contribution in [3.05, 3.63) is 53.7 Å². The number of rotatable bonds is 5. The van der Waals surface area contributed by atoms with E-state index < -0.39 is 0 Å². The number of pyridine rings is 1. The minimum atomic E-state index is 0.421. The van der Waals surface area contributed by atoms with E-state index in [1.807, 2.05) is 18.3 Å². The lowest BCUT2D eigenvalue weighted by molar-refractivity contribution is 0.867. The lowest BCUT2D eigenvalue weighted by Crippen LogP contribution is -2.22. The molecule has 0 unspecified atom stereocenters. The predicted octanol–water partition coefficient (Wildman–Crippen LogP) is 3.73. The summed E-state index contributed by atoms with van der Waals surface area (Å²) in [6.45, 7) is 7.09. The first-order valence-corrected chi connectivity index (χ1v) is 8.98. The van der Waals surface area contributed by atoms with Crippen molar-refractivity contribution >= 4 is 17.5 Å². The van der Waals surface area contributed by atoms with Gasteiger partial charge in [0.25, 0.3) is 0 Å². The summed E-state index contributed by atoms with van der Waals surface area (Å²) in [7, 11) is 0. The van der Waals surface area contributed by atoms with Crippen LogP contribution in [0.5, 0.6) is 0 Å². The number of guanidine groups is 1. The topological polar surface area (TPSA) is 66.5 Å². The summed E-state index contributed by atoms with van der Waals surface area (Å²) in [5.41, 5.74) is 9.32. The fraction of sp³-hybridized carbons (Fsp3) is 0.400. The molecule has 1 aromatic carbocycles. The summed E-state index contributed by atoms with van der Waals surface area (Å²) in [5.74, 6) is 1.96. The maximum atomic E-state index is 6.02. The first-order valence-electron chi connectivity index (χ1n) is 8.98. The number of aromatic nitrogens is 1. The van der Waals surface area contributed by atoms with Gasteiger partial charge in [0.1, 0.15) is 5.82 Å². The Hall–Kier alpha value is -2.56. The molecule has 2 heterocycles. The van der Waals surface area contributed by atoms with Gasteiger partial charge in [-0.25, -0.2) is 9.98 Å². The van der Waals surface area contributed by atoms with Crippen molar-refractivity contribution in [2.75, 3.05) is 23.3 Å². The zero-order valence-electron chi connectivity index (χ0n) is 15.1. The van der Waals surface area contributed by atoms with Gasteiger partial charge in [0, 0.05) is 25.0 Å². The first-order chi connectivity index (χ1) is 12.1. The van der Waals surface area contributed by atoms with Gasteiger partial charge in [0.05, 0.1) is 6.54 Å². The van der Waals surface area contributed by atoms with Crippen LogP contribution in [0, 0.1) is 0 Å². The predicted molar refractivity (Wildman–Crippen MR) is 105 cm³/mol. The average Bonchev–Trinajstić information content (AvgIpc) is 3.15. The molecule has 0 atom stereocenters. The van der Waals surface area contributed by atoms with E-state index in [1.54, 1.807) is 0 Å². The first kappa shape index (κ1) is 17.3. The molecule has 3 rings (SSSR count). The average molecular weight is 337 g/mol. The molecule has 0 amide bonds. The fourth-order valence-corrected chi connectivity index (χ4v) is 2.98. The molecule has 1 aliphatic rings. The van der Waals surface area contributed by atoms with Gasteiger partial charge in [-0.15, -0.1) is 0 Å². The van der Waals surface area contributed by atoms with Crippen LogP contribution in [0.25, 0.3) is 0 Å². The number of nitrogens with two attached hydrogens (primary N) is 1. The summed E-state index contributed by atoms with van der Waals surface area (Å²) in [4.78, 5) is 11.3. The molecule has 0 saturated carbocycles. The summed E-state index contributed by atoms with van der Waals surface area (Å²) in [6, 6.07) is 12.4. The maximum absolute atomic E-state index is 6.02. The van der Waals surface area contributed by atoms with Crippen LogP contribution in [-0.2, 0) is 6.54 Å². The monoisotopic (exact) mass is 337 g/mol. The molecular weight excluding hydrogens is 310 g/mol. The van der Waals surface area contributed by atoms with Gasteiger partial charge in [-0.1, -0.05) is 32.0 Å². The standard InChI is InChI=1S/C20H27N5/c1-15(2)17-6-5-7-18(12-17)24-20(21)23-14-16-8-9-19(22-13-16)25-10-3-4-11-25/h5-9,12-13,15H,3-4,10-11,14H2,1-2H3,(H3,21,23,24). The summed E-state index contributed by atoms with van der Waals surface area (Å²) < 4.78 is 0. The van der Waals surface area contributed by atoms with Crippen molar-refractivity contribution in [3.63, 3.8) is 0 Å². The molecule has 5 nitrogen and oxygen atoms in total. The summed E-state index contributed by atoms with van der Waals surface area (Å²) in [6.07, 6.45) is 4.41. The highest BCUT2D eigenvalue weighted by atomic mass is 15.2. The van der Waals surface area contributed by atoms with Crippen molar-refractivity contribution in [1.29, 1.82) is 0 Å². The van der Waals surface area contributed by atoms with Gasteiger partial charge in [-0.05, 0) is 48.1 Å². The normalized spacial score (nSPS) is 15.0. The van der Waals surface area contributed by atoms with E-state index in [4.69, 9.17) is 5.73 Å². The van der Waals surface area contributed by atoms with E-state index in [9.17, 15) is 0 Å². The van der Waals surface area contributed by atoms with E-state index in [2.05, 4.69) is 58.3 Å². The van der Waals surface area contributed by atoms with E-state index in [-0.39, 0.29) is 0 Å². The zero-order chi connectivity index (χ0) is 17.6. The molecular formula is C20H27N5. The van der Waals surface area contributed by atoms with Gasteiger partial charge in [-0.3, -0.25) is 0 Å². The number of anilines is 2. The number of nitrogens with zero attached hydrogens (tertiary/aromatic N) is 3. The summed E-state index contributed by atoms with van der Waals surface area (Å²) >= 11 is 0. The molecule has 1 aromatic heterocycles. The van der Waals surface area contributed by atoms with E-state index in [0.29, 0.717) is 18.4 Å². The second-order valence-electron chi connectivity index (χ2n) is 6.83. The van der Waals surface area contributed by atoms with Crippen LogP contribution < -0.4 is 16.0 Å². The number of benzene rings is 1. The Kier molecular flexibility index (Phi) is 5.53. The van der Waals surface area contributed by atoms with Gasteiger partial charge in [0.15, 0.2) is 5.96 Å². The second-order valence-corrected chi connectivity index (χ2v) is 6.83. The Morgan fingerprint density at radius 3 is 2.72 bits per heavy atom. The third kappa shape index (κ3) is 4.72. The van der Waals surface area contributed by atoms with Crippen molar-refractivity contribution in [2.24, 2.45) is 10.7 Å². The lowest BCUT2D eigenvalue weighted by Gasteiger charge is -2.16. The fourth-order valence-electron chi connectivity index (χ4n) is 2.98. The highest BCUT2D eigenvalue weighted by Crippen LogP contribution is 2.19. The quantitative estimate of drug-likeness (QED) is 0.644. The number of hydrogen-bond acceptors (Lipinski definition) is 3. The molecule has 0 bridgehead atoms. The Morgan fingerprint density at radius 2 is 2.04 bits per heavy atom. The molecule has 1 saturated heterocycles. The SMILES string of the molecule is CC(C)c1cccc(NC(N)=NCc2ccc(N3CCCC3)nc2)c1. The van der Waals surface area contributed by atoms with Gasteiger partial charge in [-0.2, -0.15) is 0 Å². The van der Waals surface area contributed by atoms with Crippen LogP contribution in [0.3, 0.4) is 0 Å². The molecule has 0 radical (unpaired) electrons. The molecule has 0 aliphatic carbocycles. The lowest BCUT2D eigenvalue weighted by atomic mass is 10.0. The highest BCUT2D eigenvalue weighted by molar-refractivity contribution is 5.92. The Bertz CT molecular complexity index is 715. The molecule has 1 fully saturated rings. The van der Waals surface area contributed by atoms with E-state index >= 15 is 0 Å². The third-order valence-corrected chi connectivity index (χ3v) is 4.50. The number of hydrogen-bond donors (Lipinski definition) is 2. The van der Waals surface area contributed by atoms with Gasteiger partial charge < -0.3 is 16.0 Å². The Balaban J connectivity index is 1.58. The molecule has 2 aromatic rings. The number of nitrogens with one attached hydrogen (secondary N) is 1. The minimum Gasteiger partial charge on any atom is -0.370 e. The number of aliphatic imine (C=N–C) groups is 1. The smallest absolute Gasteiger partial charge is 0.193 e. The zero-order valence-corrected chi connectivity index (χ0v) is 15.1. The summed E-state index contributed by atoms with van der Waals surface area (Å²) in [5, 5.41) is 3.16. The minimum absolute atomic E-state index is 0.421. The van der Waals surface area contributed by atoms with E-state index in [0.717, 1.165) is 30.2 Å². The largest absolute Gasteiger partial charge is 0.370 e. The highest BCUT2D eigenvalue weighted by Gasteiger charge is 2.12. The molecule has 0 spiro atoms. The Morgan fingerprint density at radius 1 is 1.24 bits per heavy atom. The third-order valence-electron chi connectivity index (χ3n) is 4.50. The van der Waals surface area contributed by atoms with Gasteiger partial charge >= 0.3 is 0 Å². The molecule has 25 heavy (non-hydrogen) atoms. The van der Waals surface area contributed by atoms with Crippen LogP contribution in [0.2, 0.25) is 0 Å². The van der Waals surface area contributed by atoms with Crippen LogP contribution in [0.1, 0.15) is 43.7 Å². The maximum Gasteiger partial charge on any atom is 0.193 e. The van der Waals surface area contributed by atoms with Crippen molar-refractivity contribution in [1.82, 2.24) is 4.98 Å². The van der Waals surface area contributed by atoms with Crippen LogP contribution >= 0.6 is 0 Å². The van der Waals surface area contributed by atoms with Gasteiger partial charge in [0.2, 0.25) is 0 Å². The molecule has 132 valence electrons. The van der Waals surface area contributed by atoms with Crippen LogP contribution in [-0.4, -0.2) is 24.0 Å². The van der Waals surface area contributed by atoms with Crippen LogP contribution in [0.4, 0.5) is 11.5 Å². The Labute approximate surface area is 150 Å². The molecule has 5 heteroatoms. The molecule has 3 N–H and O–H groups in total. The second kappa shape index (κ2) is 8.01. The van der Waals surface area contributed by atoms with Crippen molar-refractivity contribution in [2.45, 2.75) is 39.2 Å². The van der Waals surface area contributed by atoms with Crippen molar-refractivity contribution < 1.29 is 0 Å². The van der Waals surface area contributed by atoms with Crippen LogP contribution in [0.15, 0.2) is 47.6 Å². The van der Waals surface area contributed by atoms with Crippen molar-refractivity contribution in [3.8, 4) is 0 Å².